The molecule has 1 saturated heterocycles. The van der Waals surface area contributed by atoms with Crippen molar-refractivity contribution >= 4 is 69.5 Å². The fourth-order valence-corrected chi connectivity index (χ4v) is 12.1. The van der Waals surface area contributed by atoms with Gasteiger partial charge in [0.25, 0.3) is 26.0 Å². The molecule has 0 bridgehead atoms. The second-order valence-corrected chi connectivity index (χ2v) is 19.1. The molecule has 1 unspecified atom stereocenters. The minimum Gasteiger partial charge on any atom is -0.366 e. The van der Waals surface area contributed by atoms with Gasteiger partial charge in [0, 0.05) is 33.8 Å². The summed E-state index contributed by atoms with van der Waals surface area (Å²) >= 11 is 1.12. The van der Waals surface area contributed by atoms with Crippen LogP contribution in [0.1, 0.15) is 52.0 Å². The zero-order valence-electron chi connectivity index (χ0n) is 25.8. The van der Waals surface area contributed by atoms with Gasteiger partial charge in [-0.2, -0.15) is 0 Å². The summed E-state index contributed by atoms with van der Waals surface area (Å²) in [6.07, 6.45) is 3.38. The van der Waals surface area contributed by atoms with Crippen molar-refractivity contribution in [2.45, 2.75) is 46.9 Å². The van der Waals surface area contributed by atoms with Crippen LogP contribution in [0.4, 0.5) is 16.5 Å². The zero-order chi connectivity index (χ0) is 34.8. The van der Waals surface area contributed by atoms with E-state index in [9.17, 15) is 34.8 Å². The lowest BCUT2D eigenvalue weighted by molar-refractivity contribution is 0.0997. The number of anilines is 3. The van der Waals surface area contributed by atoms with Gasteiger partial charge in [0.2, 0.25) is 5.91 Å². The van der Waals surface area contributed by atoms with E-state index in [1.54, 1.807) is 23.6 Å². The molecule has 3 heterocycles. The van der Waals surface area contributed by atoms with Gasteiger partial charge in [-0.15, -0.1) is 11.3 Å². The van der Waals surface area contributed by atoms with Crippen LogP contribution in [0, 0.1) is 5.92 Å². The molecule has 2 aliphatic heterocycles. The van der Waals surface area contributed by atoms with Crippen LogP contribution in [-0.2, 0) is 35.3 Å². The van der Waals surface area contributed by atoms with Crippen molar-refractivity contribution in [1.29, 1.82) is 0 Å². The number of amides is 2. The summed E-state index contributed by atoms with van der Waals surface area (Å²) in [5.41, 5.74) is 6.01. The molecular weight excluding hydrogens is 711 g/mol. The third-order valence-corrected chi connectivity index (χ3v) is 15.0. The van der Waals surface area contributed by atoms with Gasteiger partial charge in [0.1, 0.15) is 9.84 Å². The first-order chi connectivity index (χ1) is 23.2. The Kier molecular flexibility index (Phi) is 8.08. The molecule has 4 aromatic rings. The average molecular weight is 742 g/mol. The van der Waals surface area contributed by atoms with E-state index in [-0.39, 0.29) is 62.0 Å². The Morgan fingerprint density at radius 3 is 2.24 bits per heavy atom. The predicted octanol–water partition coefficient (Wildman–Crippen LogP) is 3.73. The molecule has 1 spiro atoms. The lowest BCUT2D eigenvalue weighted by Crippen LogP contribution is -2.52. The quantitative estimate of drug-likeness (QED) is 0.228. The molecule has 1 aromatic heterocycles. The molecule has 3 aliphatic rings. The fraction of sp³-hybridized carbons (Fsp3) is 0.281. The molecule has 13 nitrogen and oxygen atoms in total. The highest BCUT2D eigenvalue weighted by atomic mass is 32.2. The monoisotopic (exact) mass is 741 g/mol. The van der Waals surface area contributed by atoms with Crippen LogP contribution in [0.15, 0.2) is 88.1 Å². The maximum absolute atomic E-state index is 14.4. The van der Waals surface area contributed by atoms with Gasteiger partial charge in [-0.3, -0.25) is 18.6 Å². The van der Waals surface area contributed by atoms with Crippen LogP contribution >= 0.6 is 11.3 Å². The Morgan fingerprint density at radius 2 is 1.61 bits per heavy atom. The van der Waals surface area contributed by atoms with Crippen molar-refractivity contribution in [3.05, 3.63) is 95.0 Å². The number of benzene rings is 3. The molecule has 7 rings (SSSR count). The molecular formula is C32H31N5O8S4. The van der Waals surface area contributed by atoms with Gasteiger partial charge in [-0.1, -0.05) is 6.07 Å². The van der Waals surface area contributed by atoms with Crippen molar-refractivity contribution in [2.75, 3.05) is 25.8 Å². The van der Waals surface area contributed by atoms with Crippen LogP contribution < -0.4 is 20.1 Å². The van der Waals surface area contributed by atoms with E-state index >= 15 is 0 Å². The molecule has 49 heavy (non-hydrogen) atoms. The third-order valence-electron chi connectivity index (χ3n) is 9.39. The van der Waals surface area contributed by atoms with Gasteiger partial charge in [0.15, 0.2) is 5.13 Å². The number of nitrogens with zero attached hydrogens (tertiary/aromatic N) is 2. The van der Waals surface area contributed by atoms with Crippen LogP contribution in [-0.4, -0.2) is 59.6 Å². The topological polar surface area (TPSA) is 203 Å². The van der Waals surface area contributed by atoms with Crippen molar-refractivity contribution in [2.24, 2.45) is 11.7 Å². The van der Waals surface area contributed by atoms with E-state index in [0.717, 1.165) is 24.2 Å². The number of hydrogen-bond acceptors (Lipinski definition) is 10. The summed E-state index contributed by atoms with van der Waals surface area (Å²) in [7, 11) is -11.5. The highest BCUT2D eigenvalue weighted by molar-refractivity contribution is 7.93. The normalized spacial score (nSPS) is 19.7. The molecule has 1 aliphatic carbocycles. The zero-order valence-corrected chi connectivity index (χ0v) is 29.0. The number of thiazole rings is 1. The van der Waals surface area contributed by atoms with E-state index in [1.807, 2.05) is 0 Å². The Bertz CT molecular complexity index is 2290. The number of primary amides is 1. The number of nitrogens with one attached hydrogen (secondary N) is 2. The first-order valence-corrected chi connectivity index (χ1v) is 21.0. The van der Waals surface area contributed by atoms with Crippen molar-refractivity contribution < 1.29 is 34.8 Å². The number of carbonyl (C=O) groups excluding carboxylic acids is 2. The van der Waals surface area contributed by atoms with Crippen LogP contribution in [0.25, 0.3) is 0 Å². The van der Waals surface area contributed by atoms with E-state index in [1.165, 1.54) is 59.0 Å². The van der Waals surface area contributed by atoms with E-state index in [4.69, 9.17) is 5.73 Å². The first kappa shape index (κ1) is 33.2. The number of nitrogens with two attached hydrogens (primary N) is 1. The largest absolute Gasteiger partial charge is 0.366 e. The number of hydrogen-bond donors (Lipinski definition) is 3. The van der Waals surface area contributed by atoms with Crippen molar-refractivity contribution in [1.82, 2.24) is 4.98 Å². The highest BCUT2D eigenvalue weighted by Crippen LogP contribution is 2.59. The Balaban J connectivity index is 1.26. The van der Waals surface area contributed by atoms with Crippen molar-refractivity contribution in [3.63, 3.8) is 0 Å². The molecule has 256 valence electrons. The number of rotatable bonds is 9. The van der Waals surface area contributed by atoms with E-state index < -0.39 is 53.2 Å². The molecule has 3 aromatic carbocycles. The second kappa shape index (κ2) is 11.9. The molecule has 1 saturated carbocycles. The summed E-state index contributed by atoms with van der Waals surface area (Å²) in [6.45, 7) is 0. The minimum absolute atomic E-state index is 0.0205. The Morgan fingerprint density at radius 1 is 0.918 bits per heavy atom. The van der Waals surface area contributed by atoms with Gasteiger partial charge < -0.3 is 11.1 Å². The van der Waals surface area contributed by atoms with Crippen LogP contribution in [0.3, 0.4) is 0 Å². The standard InChI is InChI=1S/C32H31N5O8S4/c33-29(38)21-6-9-24(10-7-21)49(44,45)37-27-11-8-22(18-26(27)32(28(37)20-4-5-20)12-16-47(40,41)17-13-32)30(39)35-23-2-1-3-25(19-23)48(42,43)36-31-34-14-15-46-31/h1-3,6-11,14-15,18-20,28H,4-5,12-13,16-17H2,(H2,33,38)(H,34,36)(H,35,39). The number of carbonyl (C=O) groups is 2. The molecule has 4 N–H and O–H groups in total. The lowest BCUT2D eigenvalue weighted by atomic mass is 9.70. The Labute approximate surface area is 287 Å². The molecule has 17 heteroatoms. The molecule has 0 radical (unpaired) electrons. The van der Waals surface area contributed by atoms with Crippen LogP contribution in [0.2, 0.25) is 0 Å². The van der Waals surface area contributed by atoms with E-state index in [2.05, 4.69) is 15.0 Å². The first-order valence-electron chi connectivity index (χ1n) is 15.3. The molecule has 1 atom stereocenters. The minimum atomic E-state index is -4.21. The molecule has 2 fully saturated rings. The molecule has 2 amide bonds. The number of aromatic nitrogens is 1. The van der Waals surface area contributed by atoms with Gasteiger partial charge >= 0.3 is 0 Å². The highest BCUT2D eigenvalue weighted by Gasteiger charge is 2.60. The second-order valence-electron chi connectivity index (χ2n) is 12.4. The Hall–Kier alpha value is -4.32. The van der Waals surface area contributed by atoms with E-state index in [0.29, 0.717) is 11.3 Å². The fourth-order valence-electron chi connectivity index (χ4n) is 6.90. The SMILES string of the molecule is NC(=O)c1ccc(S(=O)(=O)N2c3ccc(C(=O)Nc4cccc(S(=O)(=O)Nc5nccs5)c4)cc3C3(CCS(=O)(=O)CC3)C2C2CC2)cc1. The van der Waals surface area contributed by atoms with Crippen LogP contribution in [0.5, 0.6) is 0 Å². The smallest absolute Gasteiger partial charge is 0.264 e. The summed E-state index contributed by atoms with van der Waals surface area (Å²) in [5.74, 6) is -1.52. The number of sulfone groups is 1. The summed E-state index contributed by atoms with van der Waals surface area (Å²) < 4.78 is 83.8. The summed E-state index contributed by atoms with van der Waals surface area (Å²) in [5, 5.41) is 4.57. The lowest BCUT2D eigenvalue weighted by Gasteiger charge is -2.41. The maximum Gasteiger partial charge on any atom is 0.264 e. The number of sulfonamides is 2. The number of fused-ring (bicyclic) bond motifs is 2. The maximum atomic E-state index is 14.4. The van der Waals surface area contributed by atoms with Gasteiger partial charge in [0.05, 0.1) is 33.0 Å². The predicted molar refractivity (Wildman–Crippen MR) is 184 cm³/mol. The van der Waals surface area contributed by atoms with Crippen molar-refractivity contribution in [3.8, 4) is 0 Å². The summed E-state index contributed by atoms with van der Waals surface area (Å²) in [4.78, 5) is 29.1. The van der Waals surface area contributed by atoms with Gasteiger partial charge in [-0.05, 0) is 97.8 Å². The van der Waals surface area contributed by atoms with Gasteiger partial charge in [-0.25, -0.2) is 30.2 Å². The average Bonchev–Trinajstić information content (AvgIpc) is 3.70. The summed E-state index contributed by atoms with van der Waals surface area (Å²) in [6, 6.07) is 15.2. The third kappa shape index (κ3) is 6.08.